The molecule has 1 N–H and O–H groups in total. The van der Waals surface area contributed by atoms with Crippen LogP contribution in [0.1, 0.15) is 17.8 Å². The van der Waals surface area contributed by atoms with Crippen LogP contribution in [0.25, 0.3) is 0 Å². The van der Waals surface area contributed by atoms with Crippen LogP contribution in [0.5, 0.6) is 0 Å². The van der Waals surface area contributed by atoms with Crippen LogP contribution in [0.2, 0.25) is 5.02 Å². The fourth-order valence-corrected chi connectivity index (χ4v) is 3.52. The van der Waals surface area contributed by atoms with Gasteiger partial charge >= 0.3 is 0 Å². The second kappa shape index (κ2) is 5.43. The summed E-state index contributed by atoms with van der Waals surface area (Å²) in [5, 5.41) is 8.58. The zero-order valence-corrected chi connectivity index (χ0v) is 11.4. The third-order valence-corrected chi connectivity index (χ3v) is 4.73. The summed E-state index contributed by atoms with van der Waals surface area (Å²) in [4.78, 5) is 0. The highest BCUT2D eigenvalue weighted by molar-refractivity contribution is 7.99. The van der Waals surface area contributed by atoms with Gasteiger partial charge in [0.25, 0.3) is 0 Å². The van der Waals surface area contributed by atoms with Gasteiger partial charge in [-0.15, -0.1) is 0 Å². The number of rotatable bonds is 4. The van der Waals surface area contributed by atoms with Crippen LogP contribution >= 0.6 is 23.4 Å². The van der Waals surface area contributed by atoms with Gasteiger partial charge in [0.1, 0.15) is 0 Å². The highest BCUT2D eigenvalue weighted by Gasteiger charge is 2.16. The fourth-order valence-electron chi connectivity index (χ4n) is 2.01. The second-order valence-corrected chi connectivity index (χ2v) is 5.86. The summed E-state index contributed by atoms with van der Waals surface area (Å²) < 4.78 is 1.87. The maximum Gasteiger partial charge on any atom is 0.0860 e. The quantitative estimate of drug-likeness (QED) is 0.899. The first-order valence-corrected chi connectivity index (χ1v) is 7.18. The molecular formula is C11H18ClN3S. The van der Waals surface area contributed by atoms with Crippen molar-refractivity contribution in [3.63, 3.8) is 0 Å². The van der Waals surface area contributed by atoms with E-state index >= 15 is 0 Å². The Bertz CT molecular complexity index is 358. The van der Waals surface area contributed by atoms with Gasteiger partial charge in [0.15, 0.2) is 0 Å². The van der Waals surface area contributed by atoms with Crippen molar-refractivity contribution in [2.45, 2.75) is 19.9 Å². The van der Waals surface area contributed by atoms with Crippen molar-refractivity contribution in [3.05, 3.63) is 16.4 Å². The van der Waals surface area contributed by atoms with Crippen molar-refractivity contribution < 1.29 is 0 Å². The van der Waals surface area contributed by atoms with Crippen LogP contribution in [0.4, 0.5) is 0 Å². The zero-order valence-electron chi connectivity index (χ0n) is 9.79. The van der Waals surface area contributed by atoms with Gasteiger partial charge in [-0.1, -0.05) is 11.6 Å². The molecule has 16 heavy (non-hydrogen) atoms. The lowest BCUT2D eigenvalue weighted by Gasteiger charge is -2.10. The Hall–Kier alpha value is -0.190. The van der Waals surface area contributed by atoms with Crippen molar-refractivity contribution in [3.8, 4) is 0 Å². The van der Waals surface area contributed by atoms with Crippen LogP contribution in [0.15, 0.2) is 0 Å². The molecule has 0 spiro atoms. The molecule has 1 fully saturated rings. The second-order valence-electron chi connectivity index (χ2n) is 4.33. The molecule has 0 saturated carbocycles. The van der Waals surface area contributed by atoms with E-state index in [-0.39, 0.29) is 0 Å². The molecule has 5 heteroatoms. The highest BCUT2D eigenvalue weighted by atomic mass is 35.5. The standard InChI is InChI=1S/C11H18ClN3S/c1-8-11(12)10(15(2)14-8)6-13-5-9-3-4-16-7-9/h9,13H,3-7H2,1-2H3. The molecule has 1 atom stereocenters. The van der Waals surface area contributed by atoms with Gasteiger partial charge in [0.2, 0.25) is 0 Å². The van der Waals surface area contributed by atoms with Gasteiger partial charge < -0.3 is 5.32 Å². The molecule has 1 unspecified atom stereocenters. The van der Waals surface area contributed by atoms with Crippen molar-refractivity contribution in [1.82, 2.24) is 15.1 Å². The number of hydrogen-bond donors (Lipinski definition) is 1. The molecule has 2 heterocycles. The predicted molar refractivity (Wildman–Crippen MR) is 70.1 cm³/mol. The van der Waals surface area contributed by atoms with Gasteiger partial charge in [0.05, 0.1) is 16.4 Å². The fraction of sp³-hybridized carbons (Fsp3) is 0.727. The Kier molecular flexibility index (Phi) is 4.16. The van der Waals surface area contributed by atoms with Crippen LogP contribution in [-0.2, 0) is 13.6 Å². The number of thioether (sulfide) groups is 1. The van der Waals surface area contributed by atoms with Crippen molar-refractivity contribution in [1.29, 1.82) is 0 Å². The lowest BCUT2D eigenvalue weighted by atomic mass is 10.1. The Morgan fingerprint density at radius 3 is 3.00 bits per heavy atom. The summed E-state index contributed by atoms with van der Waals surface area (Å²) in [6.07, 6.45) is 1.34. The minimum absolute atomic E-state index is 0.802. The Balaban J connectivity index is 1.84. The molecule has 1 aliphatic rings. The monoisotopic (exact) mass is 259 g/mol. The first-order chi connectivity index (χ1) is 7.68. The molecule has 0 aromatic carbocycles. The van der Waals surface area contributed by atoms with Crippen molar-refractivity contribution in [2.75, 3.05) is 18.1 Å². The Morgan fingerprint density at radius 1 is 1.62 bits per heavy atom. The van der Waals surface area contributed by atoms with Gasteiger partial charge in [-0.2, -0.15) is 16.9 Å². The van der Waals surface area contributed by atoms with Gasteiger partial charge in [-0.05, 0) is 37.3 Å². The SMILES string of the molecule is Cc1nn(C)c(CNCC2CCSC2)c1Cl. The average molecular weight is 260 g/mol. The molecule has 1 aliphatic heterocycles. The first kappa shape index (κ1) is 12.3. The van der Waals surface area contributed by atoms with E-state index in [0.717, 1.165) is 35.4 Å². The molecule has 2 rings (SSSR count). The number of hydrogen-bond acceptors (Lipinski definition) is 3. The number of aromatic nitrogens is 2. The maximum absolute atomic E-state index is 6.18. The third-order valence-electron chi connectivity index (χ3n) is 3.01. The van der Waals surface area contributed by atoms with E-state index in [4.69, 9.17) is 11.6 Å². The normalized spacial score (nSPS) is 20.6. The molecule has 90 valence electrons. The molecule has 1 aromatic heterocycles. The molecule has 0 amide bonds. The largest absolute Gasteiger partial charge is 0.311 e. The van der Waals surface area contributed by atoms with E-state index in [1.54, 1.807) is 0 Å². The van der Waals surface area contributed by atoms with E-state index in [0.29, 0.717) is 0 Å². The van der Waals surface area contributed by atoms with E-state index in [9.17, 15) is 0 Å². The van der Waals surface area contributed by atoms with Gasteiger partial charge in [-0.3, -0.25) is 4.68 Å². The Labute approximate surface area is 106 Å². The summed E-state index contributed by atoms with van der Waals surface area (Å²) in [7, 11) is 1.95. The Morgan fingerprint density at radius 2 is 2.44 bits per heavy atom. The number of aryl methyl sites for hydroxylation is 2. The van der Waals surface area contributed by atoms with Crippen LogP contribution < -0.4 is 5.32 Å². The molecule has 0 bridgehead atoms. The number of nitrogens with one attached hydrogen (secondary N) is 1. The summed E-state index contributed by atoms with van der Waals surface area (Å²) in [5.74, 6) is 3.45. The van der Waals surface area contributed by atoms with Gasteiger partial charge in [0, 0.05) is 13.6 Å². The van der Waals surface area contributed by atoms with Crippen LogP contribution in [-0.4, -0.2) is 27.8 Å². The van der Waals surface area contributed by atoms with Crippen molar-refractivity contribution in [2.24, 2.45) is 13.0 Å². The maximum atomic E-state index is 6.18. The minimum Gasteiger partial charge on any atom is -0.311 e. The number of nitrogens with zero attached hydrogens (tertiary/aromatic N) is 2. The van der Waals surface area contributed by atoms with Crippen LogP contribution in [0, 0.1) is 12.8 Å². The molecule has 1 aromatic rings. The van der Waals surface area contributed by atoms with E-state index in [1.807, 2.05) is 18.7 Å². The summed E-state index contributed by atoms with van der Waals surface area (Å²) >= 11 is 8.24. The predicted octanol–water partition coefficient (Wildman–Crippen LogP) is 2.22. The zero-order chi connectivity index (χ0) is 11.5. The molecule has 1 saturated heterocycles. The minimum atomic E-state index is 0.802. The molecule has 0 radical (unpaired) electrons. The average Bonchev–Trinajstić information content (AvgIpc) is 2.82. The molecule has 3 nitrogen and oxygen atoms in total. The summed E-state index contributed by atoms with van der Waals surface area (Å²) in [6.45, 7) is 3.85. The lowest BCUT2D eigenvalue weighted by Crippen LogP contribution is -2.23. The third kappa shape index (κ3) is 2.73. The summed E-state index contributed by atoms with van der Waals surface area (Å²) in [5.41, 5.74) is 2.00. The van der Waals surface area contributed by atoms with E-state index in [2.05, 4.69) is 22.2 Å². The lowest BCUT2D eigenvalue weighted by molar-refractivity contribution is 0.512. The van der Waals surface area contributed by atoms with Gasteiger partial charge in [-0.25, -0.2) is 0 Å². The van der Waals surface area contributed by atoms with E-state index < -0.39 is 0 Å². The van der Waals surface area contributed by atoms with E-state index in [1.165, 1.54) is 17.9 Å². The summed E-state index contributed by atoms with van der Waals surface area (Å²) in [6, 6.07) is 0. The number of halogens is 1. The topological polar surface area (TPSA) is 29.9 Å². The highest BCUT2D eigenvalue weighted by Crippen LogP contribution is 2.23. The smallest absolute Gasteiger partial charge is 0.0860 e. The molecular weight excluding hydrogens is 242 g/mol. The van der Waals surface area contributed by atoms with Crippen LogP contribution in [0.3, 0.4) is 0 Å². The first-order valence-electron chi connectivity index (χ1n) is 5.65. The van der Waals surface area contributed by atoms with Crippen molar-refractivity contribution >= 4 is 23.4 Å². The molecule has 0 aliphatic carbocycles.